The molecule has 0 aliphatic carbocycles. The Morgan fingerprint density at radius 1 is 1.31 bits per heavy atom. The van der Waals surface area contributed by atoms with Gasteiger partial charge >= 0.3 is 5.97 Å². The van der Waals surface area contributed by atoms with E-state index in [1.54, 1.807) is 0 Å². The lowest BCUT2D eigenvalue weighted by atomic mass is 10.1. The number of hydrogen-bond acceptors (Lipinski definition) is 3. The highest BCUT2D eigenvalue weighted by Gasteiger charge is 2.00. The van der Waals surface area contributed by atoms with Crippen molar-refractivity contribution in [1.29, 1.82) is 0 Å². The average molecular weight is 221 g/mol. The summed E-state index contributed by atoms with van der Waals surface area (Å²) in [4.78, 5) is 11.1. The number of carbonyl (C=O) groups is 1. The fourth-order valence-electron chi connectivity index (χ4n) is 1.48. The summed E-state index contributed by atoms with van der Waals surface area (Å²) in [7, 11) is 0. The fourth-order valence-corrected chi connectivity index (χ4v) is 1.48. The molecule has 0 unspecified atom stereocenters. The van der Waals surface area contributed by atoms with E-state index >= 15 is 0 Å². The first-order chi connectivity index (χ1) is 7.76. The molecule has 0 aliphatic heterocycles. The summed E-state index contributed by atoms with van der Waals surface area (Å²) in [6.45, 7) is 5.34. The first-order valence-electron chi connectivity index (χ1n) is 5.70. The van der Waals surface area contributed by atoms with Gasteiger partial charge in [0.1, 0.15) is 0 Å². The Morgan fingerprint density at radius 3 is 2.75 bits per heavy atom. The van der Waals surface area contributed by atoms with Crippen LogP contribution in [-0.2, 0) is 22.5 Å². The minimum absolute atomic E-state index is 0.200. The quantitative estimate of drug-likeness (QED) is 0.746. The van der Waals surface area contributed by atoms with Gasteiger partial charge in [-0.15, -0.1) is 0 Å². The maximum Gasteiger partial charge on any atom is 0.319 e. The van der Waals surface area contributed by atoms with Crippen molar-refractivity contribution in [2.24, 2.45) is 0 Å². The van der Waals surface area contributed by atoms with Gasteiger partial charge in [0.15, 0.2) is 0 Å². The van der Waals surface area contributed by atoms with Crippen molar-refractivity contribution in [3.63, 3.8) is 0 Å². The van der Waals surface area contributed by atoms with Crippen LogP contribution < -0.4 is 5.32 Å². The van der Waals surface area contributed by atoms with Gasteiger partial charge in [-0.1, -0.05) is 31.2 Å². The third-order valence-electron chi connectivity index (χ3n) is 2.30. The molecule has 0 radical (unpaired) electrons. The van der Waals surface area contributed by atoms with E-state index in [4.69, 9.17) is 4.74 Å². The molecule has 0 amide bonds. The number of nitrogens with one attached hydrogen (secondary N) is 1. The Labute approximate surface area is 96.8 Å². The predicted molar refractivity (Wildman–Crippen MR) is 64.2 cm³/mol. The number of ether oxygens (including phenoxy) is 1. The molecule has 0 heterocycles. The molecule has 0 fully saturated rings. The molecule has 0 saturated heterocycles. The normalized spacial score (nSPS) is 10.1. The molecule has 0 aromatic heterocycles. The van der Waals surface area contributed by atoms with Crippen LogP contribution in [-0.4, -0.2) is 19.1 Å². The zero-order valence-corrected chi connectivity index (χ0v) is 9.95. The summed E-state index contributed by atoms with van der Waals surface area (Å²) in [6.07, 6.45) is 1.03. The summed E-state index contributed by atoms with van der Waals surface area (Å²) in [6, 6.07) is 8.35. The van der Waals surface area contributed by atoms with Crippen molar-refractivity contribution >= 4 is 5.97 Å². The highest BCUT2D eigenvalue weighted by Crippen LogP contribution is 2.05. The Balaban J connectivity index is 2.34. The summed E-state index contributed by atoms with van der Waals surface area (Å²) in [5, 5.41) is 3.06. The van der Waals surface area contributed by atoms with Crippen LogP contribution in [0.1, 0.15) is 25.0 Å². The van der Waals surface area contributed by atoms with E-state index < -0.39 is 0 Å². The first-order valence-corrected chi connectivity index (χ1v) is 5.70. The Kier molecular flexibility index (Phi) is 5.57. The van der Waals surface area contributed by atoms with E-state index in [1.807, 2.05) is 13.0 Å². The van der Waals surface area contributed by atoms with Crippen molar-refractivity contribution in [1.82, 2.24) is 5.32 Å². The smallest absolute Gasteiger partial charge is 0.319 e. The fraction of sp³-hybridized carbons (Fsp3) is 0.462. The van der Waals surface area contributed by atoms with Crippen molar-refractivity contribution in [3.05, 3.63) is 35.4 Å². The predicted octanol–water partition coefficient (Wildman–Crippen LogP) is 1.90. The lowest BCUT2D eigenvalue weighted by Gasteiger charge is -2.06. The molecule has 16 heavy (non-hydrogen) atoms. The van der Waals surface area contributed by atoms with Crippen LogP contribution in [0, 0.1) is 0 Å². The maximum absolute atomic E-state index is 11.1. The standard InChI is InChI=1S/C13H19NO2/c1-3-11-6-5-7-12(8-11)9-14-10-13(15)16-4-2/h5-8,14H,3-4,9-10H2,1-2H3. The minimum Gasteiger partial charge on any atom is -0.465 e. The van der Waals surface area contributed by atoms with Gasteiger partial charge in [0.2, 0.25) is 0 Å². The van der Waals surface area contributed by atoms with Crippen LogP contribution in [0.4, 0.5) is 0 Å². The van der Waals surface area contributed by atoms with Crippen LogP contribution in [0.5, 0.6) is 0 Å². The second-order valence-electron chi connectivity index (χ2n) is 3.58. The average Bonchev–Trinajstić information content (AvgIpc) is 2.30. The van der Waals surface area contributed by atoms with Gasteiger partial charge in [0.25, 0.3) is 0 Å². The van der Waals surface area contributed by atoms with Crippen LogP contribution in [0.3, 0.4) is 0 Å². The topological polar surface area (TPSA) is 38.3 Å². The maximum atomic E-state index is 11.1. The molecule has 1 aromatic carbocycles. The summed E-state index contributed by atoms with van der Waals surface area (Å²) in [5.74, 6) is -0.200. The third-order valence-corrected chi connectivity index (χ3v) is 2.30. The number of aryl methyl sites for hydroxylation is 1. The number of esters is 1. The SMILES string of the molecule is CCOC(=O)CNCc1cccc(CC)c1. The van der Waals surface area contributed by atoms with Gasteiger partial charge in [-0.25, -0.2) is 0 Å². The van der Waals surface area contributed by atoms with E-state index in [9.17, 15) is 4.79 Å². The third kappa shape index (κ3) is 4.45. The van der Waals surface area contributed by atoms with E-state index in [1.165, 1.54) is 11.1 Å². The van der Waals surface area contributed by atoms with Crippen LogP contribution in [0.2, 0.25) is 0 Å². The minimum atomic E-state index is -0.200. The van der Waals surface area contributed by atoms with Crippen molar-refractivity contribution in [3.8, 4) is 0 Å². The van der Waals surface area contributed by atoms with Gasteiger partial charge in [-0.05, 0) is 24.5 Å². The van der Waals surface area contributed by atoms with Crippen LogP contribution >= 0.6 is 0 Å². The number of benzene rings is 1. The highest BCUT2D eigenvalue weighted by atomic mass is 16.5. The molecule has 1 N–H and O–H groups in total. The van der Waals surface area contributed by atoms with Gasteiger partial charge < -0.3 is 10.1 Å². The molecule has 0 atom stereocenters. The van der Waals surface area contributed by atoms with E-state index in [-0.39, 0.29) is 12.5 Å². The molecule has 3 nitrogen and oxygen atoms in total. The van der Waals surface area contributed by atoms with Crippen LogP contribution in [0.15, 0.2) is 24.3 Å². The van der Waals surface area contributed by atoms with Gasteiger partial charge in [-0.2, -0.15) is 0 Å². The zero-order chi connectivity index (χ0) is 11.8. The Morgan fingerprint density at radius 2 is 2.06 bits per heavy atom. The summed E-state index contributed by atoms with van der Waals surface area (Å²) >= 11 is 0. The zero-order valence-electron chi connectivity index (χ0n) is 9.95. The van der Waals surface area contributed by atoms with Crippen molar-refractivity contribution in [2.75, 3.05) is 13.2 Å². The van der Waals surface area contributed by atoms with E-state index in [0.717, 1.165) is 6.42 Å². The highest BCUT2D eigenvalue weighted by molar-refractivity contribution is 5.71. The monoisotopic (exact) mass is 221 g/mol. The number of hydrogen-bond donors (Lipinski definition) is 1. The van der Waals surface area contributed by atoms with Gasteiger partial charge in [0, 0.05) is 6.54 Å². The summed E-state index contributed by atoms with van der Waals surface area (Å²) < 4.78 is 4.82. The molecule has 1 aromatic rings. The molecular formula is C13H19NO2. The molecule has 1 rings (SSSR count). The largest absolute Gasteiger partial charge is 0.465 e. The molecule has 0 spiro atoms. The Bertz CT molecular complexity index is 336. The van der Waals surface area contributed by atoms with Crippen LogP contribution in [0.25, 0.3) is 0 Å². The molecular weight excluding hydrogens is 202 g/mol. The van der Waals surface area contributed by atoms with E-state index in [0.29, 0.717) is 13.2 Å². The van der Waals surface area contributed by atoms with E-state index in [2.05, 4.69) is 30.4 Å². The van der Waals surface area contributed by atoms with Gasteiger partial charge in [-0.3, -0.25) is 4.79 Å². The molecule has 0 aliphatic rings. The Hall–Kier alpha value is -1.35. The summed E-state index contributed by atoms with van der Waals surface area (Å²) in [5.41, 5.74) is 2.51. The lowest BCUT2D eigenvalue weighted by Crippen LogP contribution is -2.24. The molecule has 3 heteroatoms. The molecule has 0 bridgehead atoms. The second-order valence-corrected chi connectivity index (χ2v) is 3.58. The lowest BCUT2D eigenvalue weighted by molar-refractivity contribution is -0.142. The van der Waals surface area contributed by atoms with Crippen molar-refractivity contribution < 1.29 is 9.53 Å². The second kappa shape index (κ2) is 7.01. The number of rotatable bonds is 6. The van der Waals surface area contributed by atoms with Crippen molar-refractivity contribution in [2.45, 2.75) is 26.8 Å². The first kappa shape index (κ1) is 12.7. The molecule has 0 saturated carbocycles. The van der Waals surface area contributed by atoms with Gasteiger partial charge in [0.05, 0.1) is 13.2 Å². The molecule has 88 valence electrons. The number of carbonyl (C=O) groups excluding carboxylic acids is 1.